The van der Waals surface area contributed by atoms with Gasteiger partial charge in [0.2, 0.25) is 0 Å². The van der Waals surface area contributed by atoms with E-state index in [0.717, 1.165) is 39.4 Å². The van der Waals surface area contributed by atoms with Crippen LogP contribution in [-0.2, 0) is 0 Å². The van der Waals surface area contributed by atoms with E-state index < -0.39 is 0 Å². The number of benzene rings is 1. The molecular formula is C18H14N4. The summed E-state index contributed by atoms with van der Waals surface area (Å²) in [6.07, 6.45) is 3.59. The van der Waals surface area contributed by atoms with Crippen LogP contribution in [0.2, 0.25) is 0 Å². The summed E-state index contributed by atoms with van der Waals surface area (Å²) in [6, 6.07) is 16.2. The van der Waals surface area contributed by atoms with Crippen molar-refractivity contribution >= 4 is 11.0 Å². The third-order valence-electron chi connectivity index (χ3n) is 3.61. The van der Waals surface area contributed by atoms with Gasteiger partial charge in [-0.25, -0.2) is 9.97 Å². The minimum Gasteiger partial charge on any atom is -0.351 e. The van der Waals surface area contributed by atoms with Crippen LogP contribution in [0.15, 0.2) is 60.9 Å². The summed E-state index contributed by atoms with van der Waals surface area (Å²) in [7, 11) is 0. The minimum absolute atomic E-state index is 0.755. The predicted molar refractivity (Wildman–Crippen MR) is 87.3 cm³/mol. The van der Waals surface area contributed by atoms with E-state index in [9.17, 15) is 0 Å². The number of aryl methyl sites for hydroxylation is 1. The van der Waals surface area contributed by atoms with Crippen molar-refractivity contribution in [1.29, 1.82) is 0 Å². The van der Waals surface area contributed by atoms with Gasteiger partial charge in [-0.3, -0.25) is 4.98 Å². The zero-order valence-electron chi connectivity index (χ0n) is 12.1. The molecule has 106 valence electrons. The Labute approximate surface area is 127 Å². The van der Waals surface area contributed by atoms with Crippen LogP contribution < -0.4 is 0 Å². The van der Waals surface area contributed by atoms with Gasteiger partial charge in [0.15, 0.2) is 0 Å². The molecule has 4 heteroatoms. The average Bonchev–Trinajstić information content (AvgIpc) is 2.99. The van der Waals surface area contributed by atoms with E-state index in [1.807, 2.05) is 43.5 Å². The highest BCUT2D eigenvalue weighted by Gasteiger charge is 2.12. The number of nitrogens with zero attached hydrogens (tertiary/aromatic N) is 3. The Balaban J connectivity index is 1.97. The van der Waals surface area contributed by atoms with Gasteiger partial charge >= 0.3 is 0 Å². The fraction of sp³-hybridized carbons (Fsp3) is 0.0556. The van der Waals surface area contributed by atoms with Crippen LogP contribution in [0.3, 0.4) is 0 Å². The molecule has 0 amide bonds. The Kier molecular flexibility index (Phi) is 2.93. The first-order valence-electron chi connectivity index (χ1n) is 7.14. The summed E-state index contributed by atoms with van der Waals surface area (Å²) in [5.74, 6) is 0.755. The first kappa shape index (κ1) is 12.7. The Morgan fingerprint density at radius 3 is 2.50 bits per heavy atom. The van der Waals surface area contributed by atoms with Crippen molar-refractivity contribution in [1.82, 2.24) is 19.9 Å². The van der Waals surface area contributed by atoms with Crippen molar-refractivity contribution in [3.63, 3.8) is 0 Å². The van der Waals surface area contributed by atoms with Gasteiger partial charge in [-0.2, -0.15) is 0 Å². The van der Waals surface area contributed by atoms with Crippen molar-refractivity contribution in [2.45, 2.75) is 6.92 Å². The lowest BCUT2D eigenvalue weighted by molar-refractivity contribution is 1.09. The van der Waals surface area contributed by atoms with E-state index in [2.05, 4.69) is 38.1 Å². The second-order valence-corrected chi connectivity index (χ2v) is 5.17. The van der Waals surface area contributed by atoms with Gasteiger partial charge in [0.05, 0.1) is 16.7 Å². The maximum absolute atomic E-state index is 4.60. The zero-order valence-corrected chi connectivity index (χ0v) is 12.1. The number of fused-ring (bicyclic) bond motifs is 1. The highest BCUT2D eigenvalue weighted by Crippen LogP contribution is 2.29. The number of nitrogens with one attached hydrogen (secondary N) is 1. The highest BCUT2D eigenvalue weighted by atomic mass is 14.9. The number of aromatic nitrogens is 4. The molecule has 1 N–H and O–H groups in total. The summed E-state index contributed by atoms with van der Waals surface area (Å²) < 4.78 is 0. The molecule has 4 aromatic rings. The molecule has 0 unspecified atom stereocenters. The monoisotopic (exact) mass is 286 g/mol. The van der Waals surface area contributed by atoms with Gasteiger partial charge in [-0.15, -0.1) is 0 Å². The Morgan fingerprint density at radius 2 is 1.73 bits per heavy atom. The second-order valence-electron chi connectivity index (χ2n) is 5.17. The molecule has 22 heavy (non-hydrogen) atoms. The van der Waals surface area contributed by atoms with Crippen LogP contribution in [0, 0.1) is 6.92 Å². The van der Waals surface area contributed by atoms with Crippen LogP contribution in [0.5, 0.6) is 0 Å². The van der Waals surface area contributed by atoms with E-state index in [1.54, 1.807) is 6.20 Å². The lowest BCUT2D eigenvalue weighted by atomic mass is 10.1. The molecule has 0 aliphatic heterocycles. The fourth-order valence-electron chi connectivity index (χ4n) is 2.61. The molecule has 4 rings (SSSR count). The van der Waals surface area contributed by atoms with E-state index in [0.29, 0.717) is 0 Å². The van der Waals surface area contributed by atoms with Gasteiger partial charge < -0.3 is 4.98 Å². The Hall–Kier alpha value is -3.01. The molecule has 0 saturated carbocycles. The van der Waals surface area contributed by atoms with E-state index in [-0.39, 0.29) is 0 Å². The average molecular weight is 286 g/mol. The maximum Gasteiger partial charge on any atom is 0.126 e. The van der Waals surface area contributed by atoms with E-state index >= 15 is 0 Å². The number of pyridine rings is 1. The van der Waals surface area contributed by atoms with Gasteiger partial charge in [0.1, 0.15) is 5.82 Å². The summed E-state index contributed by atoms with van der Waals surface area (Å²) in [6.45, 7) is 1.91. The largest absolute Gasteiger partial charge is 0.351 e. The smallest absolute Gasteiger partial charge is 0.126 e. The van der Waals surface area contributed by atoms with Crippen LogP contribution in [0.1, 0.15) is 5.82 Å². The molecule has 0 bridgehead atoms. The zero-order chi connectivity index (χ0) is 14.9. The molecule has 3 heterocycles. The summed E-state index contributed by atoms with van der Waals surface area (Å²) in [5.41, 5.74) is 5.91. The van der Waals surface area contributed by atoms with E-state index in [4.69, 9.17) is 0 Å². The number of hydrogen-bond acceptors (Lipinski definition) is 3. The third kappa shape index (κ3) is 2.15. The standard InChI is InChI=1S/C18H14N4/c1-12-20-16-10-15(13-6-3-2-4-7-13)22-18(16)17(21-12)14-8-5-9-19-11-14/h2-11,22H,1H3. The van der Waals surface area contributed by atoms with Crippen molar-refractivity contribution in [2.24, 2.45) is 0 Å². The molecule has 0 aliphatic carbocycles. The van der Waals surface area contributed by atoms with Crippen molar-refractivity contribution < 1.29 is 0 Å². The van der Waals surface area contributed by atoms with E-state index in [1.165, 1.54) is 0 Å². The molecule has 1 aromatic carbocycles. The van der Waals surface area contributed by atoms with Crippen molar-refractivity contribution in [3.8, 4) is 22.5 Å². The first-order valence-corrected chi connectivity index (χ1v) is 7.14. The molecule has 3 aromatic heterocycles. The highest BCUT2D eigenvalue weighted by molar-refractivity contribution is 5.92. The number of aromatic amines is 1. The third-order valence-corrected chi connectivity index (χ3v) is 3.61. The topological polar surface area (TPSA) is 54.5 Å². The lowest BCUT2D eigenvalue weighted by Crippen LogP contribution is -1.93. The van der Waals surface area contributed by atoms with Crippen molar-refractivity contribution in [3.05, 3.63) is 66.7 Å². The molecule has 0 atom stereocenters. The SMILES string of the molecule is Cc1nc(-c2cccnc2)c2[nH]c(-c3ccccc3)cc2n1. The molecule has 0 saturated heterocycles. The normalized spacial score (nSPS) is 11.0. The van der Waals surface area contributed by atoms with Crippen LogP contribution in [0.4, 0.5) is 0 Å². The number of H-pyrrole nitrogens is 1. The van der Waals surface area contributed by atoms with Gasteiger partial charge in [-0.05, 0) is 30.7 Å². The molecule has 0 fully saturated rings. The molecule has 0 aliphatic rings. The molecular weight excluding hydrogens is 272 g/mol. The quantitative estimate of drug-likeness (QED) is 0.606. The summed E-state index contributed by atoms with van der Waals surface area (Å²) in [4.78, 5) is 16.8. The van der Waals surface area contributed by atoms with Gasteiger partial charge in [0, 0.05) is 23.7 Å². The predicted octanol–water partition coefficient (Wildman–Crippen LogP) is 4.00. The first-order chi connectivity index (χ1) is 10.8. The lowest BCUT2D eigenvalue weighted by Gasteiger charge is -2.03. The summed E-state index contributed by atoms with van der Waals surface area (Å²) >= 11 is 0. The Morgan fingerprint density at radius 1 is 0.909 bits per heavy atom. The van der Waals surface area contributed by atoms with Crippen LogP contribution in [-0.4, -0.2) is 19.9 Å². The van der Waals surface area contributed by atoms with Crippen molar-refractivity contribution in [2.75, 3.05) is 0 Å². The van der Waals surface area contributed by atoms with Gasteiger partial charge in [0.25, 0.3) is 0 Å². The number of hydrogen-bond donors (Lipinski definition) is 1. The van der Waals surface area contributed by atoms with Gasteiger partial charge in [-0.1, -0.05) is 30.3 Å². The molecule has 0 spiro atoms. The maximum atomic E-state index is 4.60. The fourth-order valence-corrected chi connectivity index (χ4v) is 2.61. The molecule has 0 radical (unpaired) electrons. The minimum atomic E-state index is 0.755. The second kappa shape index (κ2) is 5.07. The number of rotatable bonds is 2. The molecule has 4 nitrogen and oxygen atoms in total. The van der Waals surface area contributed by atoms with Crippen LogP contribution in [0.25, 0.3) is 33.5 Å². The van der Waals surface area contributed by atoms with Crippen LogP contribution >= 0.6 is 0 Å². The Bertz CT molecular complexity index is 927. The summed E-state index contributed by atoms with van der Waals surface area (Å²) in [5, 5.41) is 0.